The van der Waals surface area contributed by atoms with Gasteiger partial charge < -0.3 is 10.5 Å². The Morgan fingerprint density at radius 3 is 2.71 bits per heavy atom. The molecule has 1 heterocycles. The molecule has 1 aromatic heterocycles. The lowest BCUT2D eigenvalue weighted by atomic mass is 10.1. The van der Waals surface area contributed by atoms with Gasteiger partial charge in [-0.25, -0.2) is 0 Å². The first-order valence-corrected chi connectivity index (χ1v) is 4.29. The van der Waals surface area contributed by atoms with Gasteiger partial charge in [-0.05, 0) is 25.1 Å². The summed E-state index contributed by atoms with van der Waals surface area (Å²) in [6.07, 6.45) is 0. The molecule has 0 spiro atoms. The summed E-state index contributed by atoms with van der Waals surface area (Å²) in [5, 5.41) is 9.70. The highest BCUT2D eigenvalue weighted by Gasteiger charge is 2.04. The van der Waals surface area contributed by atoms with Crippen LogP contribution < -0.4 is 10.5 Å². The molecule has 72 valence electrons. The zero-order valence-corrected chi connectivity index (χ0v) is 8.11. The first kappa shape index (κ1) is 8.74. The Labute approximate surface area is 81.7 Å². The van der Waals surface area contributed by atoms with Gasteiger partial charge in [-0.15, -0.1) is 5.10 Å². The van der Waals surface area contributed by atoms with E-state index in [1.54, 1.807) is 7.11 Å². The fourth-order valence-corrected chi connectivity index (χ4v) is 1.41. The summed E-state index contributed by atoms with van der Waals surface area (Å²) in [6, 6.07) is 5.69. The maximum atomic E-state index is 5.72. The molecule has 0 bridgehead atoms. The van der Waals surface area contributed by atoms with Gasteiger partial charge in [-0.1, -0.05) is 0 Å². The second-order valence-electron chi connectivity index (χ2n) is 3.08. The molecule has 2 aromatic rings. The highest BCUT2D eigenvalue weighted by molar-refractivity contribution is 5.93. The molecule has 0 aliphatic heterocycles. The molecule has 0 aliphatic rings. The van der Waals surface area contributed by atoms with Crippen LogP contribution in [0.15, 0.2) is 18.2 Å². The highest BCUT2D eigenvalue weighted by Crippen LogP contribution is 2.25. The number of nitrogens with two attached hydrogens (primary N) is 1. The predicted molar refractivity (Wildman–Crippen MR) is 55.2 cm³/mol. The summed E-state index contributed by atoms with van der Waals surface area (Å²) >= 11 is 0. The number of nitrogen functional groups attached to an aromatic ring is 1. The van der Waals surface area contributed by atoms with Crippen molar-refractivity contribution in [3.05, 3.63) is 23.9 Å². The molecule has 0 radical (unpaired) electrons. The Morgan fingerprint density at radius 2 is 2.00 bits per heavy atom. The van der Waals surface area contributed by atoms with E-state index in [9.17, 15) is 0 Å². The van der Waals surface area contributed by atoms with Gasteiger partial charge >= 0.3 is 0 Å². The monoisotopic (exact) mass is 189 g/mol. The smallest absolute Gasteiger partial charge is 0.154 e. The maximum Gasteiger partial charge on any atom is 0.154 e. The number of hydrogen-bond acceptors (Lipinski definition) is 4. The van der Waals surface area contributed by atoms with Crippen LogP contribution in [0.2, 0.25) is 0 Å². The summed E-state index contributed by atoms with van der Waals surface area (Å²) in [6.45, 7) is 1.90. The maximum absolute atomic E-state index is 5.72. The molecule has 0 saturated carbocycles. The van der Waals surface area contributed by atoms with Crippen LogP contribution in [0.1, 0.15) is 5.69 Å². The summed E-state index contributed by atoms with van der Waals surface area (Å²) in [5.74, 6) is 1.21. The number of ether oxygens (including phenoxy) is 1. The molecule has 2 rings (SSSR count). The van der Waals surface area contributed by atoms with Crippen molar-refractivity contribution in [1.29, 1.82) is 0 Å². The minimum Gasteiger partial charge on any atom is -0.497 e. The lowest BCUT2D eigenvalue weighted by Gasteiger charge is -2.05. The van der Waals surface area contributed by atoms with E-state index in [1.807, 2.05) is 25.1 Å². The lowest BCUT2D eigenvalue weighted by molar-refractivity contribution is 0.415. The van der Waals surface area contributed by atoms with Crippen LogP contribution in [0.4, 0.5) is 5.82 Å². The first-order valence-electron chi connectivity index (χ1n) is 4.29. The van der Waals surface area contributed by atoms with E-state index in [0.717, 1.165) is 22.2 Å². The van der Waals surface area contributed by atoms with Crippen LogP contribution in [0.3, 0.4) is 0 Å². The number of nitrogens with zero attached hydrogens (tertiary/aromatic N) is 2. The molecule has 2 N–H and O–H groups in total. The van der Waals surface area contributed by atoms with Crippen LogP contribution in [0.5, 0.6) is 5.75 Å². The Balaban J connectivity index is 2.80. The molecule has 0 saturated heterocycles. The number of fused-ring (bicyclic) bond motifs is 1. The lowest BCUT2D eigenvalue weighted by Crippen LogP contribution is -1.97. The molecule has 4 heteroatoms. The Kier molecular flexibility index (Phi) is 1.96. The molecule has 1 aromatic carbocycles. The molecule has 0 atom stereocenters. The number of hydrogen-bond donors (Lipinski definition) is 1. The van der Waals surface area contributed by atoms with Crippen molar-refractivity contribution in [3.8, 4) is 5.75 Å². The van der Waals surface area contributed by atoms with Crippen LogP contribution in [0, 0.1) is 6.92 Å². The van der Waals surface area contributed by atoms with Crippen LogP contribution in [-0.4, -0.2) is 17.3 Å². The van der Waals surface area contributed by atoms with E-state index in [-0.39, 0.29) is 0 Å². The van der Waals surface area contributed by atoms with E-state index in [1.165, 1.54) is 0 Å². The molecule has 0 fully saturated rings. The Morgan fingerprint density at radius 1 is 1.21 bits per heavy atom. The van der Waals surface area contributed by atoms with Gasteiger partial charge in [-0.2, -0.15) is 5.10 Å². The van der Waals surface area contributed by atoms with Gasteiger partial charge in [0.05, 0.1) is 12.8 Å². The van der Waals surface area contributed by atoms with Gasteiger partial charge in [0, 0.05) is 10.8 Å². The summed E-state index contributed by atoms with van der Waals surface area (Å²) in [7, 11) is 1.62. The van der Waals surface area contributed by atoms with Crippen LogP contribution in [0.25, 0.3) is 10.8 Å². The number of aryl methyl sites for hydroxylation is 1. The molecular formula is C10H11N3O. The van der Waals surface area contributed by atoms with Crippen molar-refractivity contribution in [1.82, 2.24) is 10.2 Å². The molecule has 0 unspecified atom stereocenters. The topological polar surface area (TPSA) is 61.0 Å². The van der Waals surface area contributed by atoms with Crippen molar-refractivity contribution in [3.63, 3.8) is 0 Å². The molecule has 0 amide bonds. The number of benzene rings is 1. The Hall–Kier alpha value is -1.84. The average Bonchev–Trinajstić information content (AvgIpc) is 2.23. The van der Waals surface area contributed by atoms with E-state index >= 15 is 0 Å². The normalized spacial score (nSPS) is 10.4. The molecular weight excluding hydrogens is 178 g/mol. The first-order chi connectivity index (χ1) is 6.72. The standard InChI is InChI=1S/C10H11N3O/c1-6-8-4-3-7(14-2)5-9(8)10(11)13-12-6/h3-5H,1-2H3,(H2,11,13). The third-order valence-corrected chi connectivity index (χ3v) is 2.20. The number of anilines is 1. The van der Waals surface area contributed by atoms with E-state index in [2.05, 4.69) is 10.2 Å². The second-order valence-corrected chi connectivity index (χ2v) is 3.08. The second kappa shape index (κ2) is 3.14. The fraction of sp³-hybridized carbons (Fsp3) is 0.200. The third kappa shape index (κ3) is 1.25. The van der Waals surface area contributed by atoms with Gasteiger partial charge in [0.25, 0.3) is 0 Å². The number of aromatic nitrogens is 2. The third-order valence-electron chi connectivity index (χ3n) is 2.20. The van der Waals surface area contributed by atoms with Gasteiger partial charge in [0.2, 0.25) is 0 Å². The minimum absolute atomic E-state index is 0.435. The van der Waals surface area contributed by atoms with Crippen LogP contribution >= 0.6 is 0 Å². The average molecular weight is 189 g/mol. The SMILES string of the molecule is COc1ccc2c(C)nnc(N)c2c1. The molecule has 14 heavy (non-hydrogen) atoms. The molecule has 4 nitrogen and oxygen atoms in total. The highest BCUT2D eigenvalue weighted by atomic mass is 16.5. The largest absolute Gasteiger partial charge is 0.497 e. The van der Waals surface area contributed by atoms with Crippen molar-refractivity contribution in [2.45, 2.75) is 6.92 Å². The number of methoxy groups -OCH3 is 1. The Bertz CT molecular complexity index is 482. The minimum atomic E-state index is 0.435. The summed E-state index contributed by atoms with van der Waals surface area (Å²) in [4.78, 5) is 0. The summed E-state index contributed by atoms with van der Waals surface area (Å²) in [5.41, 5.74) is 6.59. The van der Waals surface area contributed by atoms with E-state index < -0.39 is 0 Å². The fourth-order valence-electron chi connectivity index (χ4n) is 1.41. The van der Waals surface area contributed by atoms with Gasteiger partial charge in [0.15, 0.2) is 5.82 Å². The van der Waals surface area contributed by atoms with Gasteiger partial charge in [-0.3, -0.25) is 0 Å². The number of rotatable bonds is 1. The predicted octanol–water partition coefficient (Wildman–Crippen LogP) is 1.53. The van der Waals surface area contributed by atoms with Crippen molar-refractivity contribution in [2.24, 2.45) is 0 Å². The van der Waals surface area contributed by atoms with Crippen molar-refractivity contribution >= 4 is 16.6 Å². The van der Waals surface area contributed by atoms with E-state index in [0.29, 0.717) is 5.82 Å². The summed E-state index contributed by atoms with van der Waals surface area (Å²) < 4.78 is 5.11. The zero-order chi connectivity index (χ0) is 10.1. The van der Waals surface area contributed by atoms with Crippen molar-refractivity contribution < 1.29 is 4.74 Å². The zero-order valence-electron chi connectivity index (χ0n) is 8.11. The van der Waals surface area contributed by atoms with Gasteiger partial charge in [0.1, 0.15) is 5.75 Å². The quantitative estimate of drug-likeness (QED) is 0.739. The van der Waals surface area contributed by atoms with Crippen LogP contribution in [-0.2, 0) is 0 Å². The van der Waals surface area contributed by atoms with Crippen molar-refractivity contribution in [2.75, 3.05) is 12.8 Å². The molecule has 0 aliphatic carbocycles. The van der Waals surface area contributed by atoms with E-state index in [4.69, 9.17) is 10.5 Å².